The molecule has 0 saturated heterocycles. The molecule has 4 aliphatic carbocycles. The van der Waals surface area contributed by atoms with Crippen LogP contribution < -0.4 is 0 Å². The molecule has 0 aromatic heterocycles. The van der Waals surface area contributed by atoms with E-state index in [9.17, 15) is 0 Å². The Morgan fingerprint density at radius 2 is 1.21 bits per heavy atom. The second kappa shape index (κ2) is 3.23. The van der Waals surface area contributed by atoms with Crippen molar-refractivity contribution in [2.24, 2.45) is 0 Å². The molecule has 0 spiro atoms. The van der Waals surface area contributed by atoms with Crippen LogP contribution in [0.3, 0.4) is 0 Å². The summed E-state index contributed by atoms with van der Waals surface area (Å²) < 4.78 is 0. The number of fused-ring (bicyclic) bond motifs is 10. The van der Waals surface area contributed by atoms with E-state index in [4.69, 9.17) is 0 Å². The van der Waals surface area contributed by atoms with Crippen LogP contribution in [-0.2, 0) is 6.42 Å². The van der Waals surface area contributed by atoms with Gasteiger partial charge in [0.15, 0.2) is 0 Å². The standard InChI is InChI=1S/C19H20/c1-3-15-18-13-6-4-11(8-13)16(18)10(2)17-12-5-7-14(9-12)19(15)17/h4-7,11-14H,3,8-9H2,1-2H3/t11-,12-,13+,14+/m0/s1. The van der Waals surface area contributed by atoms with Gasteiger partial charge in [-0.05, 0) is 59.6 Å². The van der Waals surface area contributed by atoms with Gasteiger partial charge < -0.3 is 0 Å². The third kappa shape index (κ3) is 1.05. The van der Waals surface area contributed by atoms with Gasteiger partial charge >= 0.3 is 0 Å². The van der Waals surface area contributed by atoms with Crippen molar-refractivity contribution in [3.05, 3.63) is 57.7 Å². The van der Waals surface area contributed by atoms with Crippen LogP contribution >= 0.6 is 0 Å². The topological polar surface area (TPSA) is 0 Å². The van der Waals surface area contributed by atoms with Crippen LogP contribution in [0.1, 0.15) is 76.8 Å². The van der Waals surface area contributed by atoms with E-state index in [1.54, 1.807) is 33.4 Å². The summed E-state index contributed by atoms with van der Waals surface area (Å²) in [4.78, 5) is 0. The van der Waals surface area contributed by atoms with Gasteiger partial charge in [0, 0.05) is 23.7 Å². The van der Waals surface area contributed by atoms with Crippen LogP contribution in [0.2, 0.25) is 0 Å². The molecule has 0 radical (unpaired) electrons. The molecule has 0 heterocycles. The van der Waals surface area contributed by atoms with Gasteiger partial charge in [-0.25, -0.2) is 0 Å². The maximum Gasteiger partial charge on any atom is 0.00328 e. The summed E-state index contributed by atoms with van der Waals surface area (Å²) in [5.41, 5.74) is 10.3. The van der Waals surface area contributed by atoms with Gasteiger partial charge in [-0.1, -0.05) is 31.2 Å². The van der Waals surface area contributed by atoms with E-state index >= 15 is 0 Å². The van der Waals surface area contributed by atoms with Crippen molar-refractivity contribution in [2.45, 2.75) is 56.8 Å². The second-order valence-corrected chi connectivity index (χ2v) is 6.78. The van der Waals surface area contributed by atoms with Gasteiger partial charge in [0.05, 0.1) is 0 Å². The molecule has 5 rings (SSSR count). The summed E-state index contributed by atoms with van der Waals surface area (Å²) in [6.45, 7) is 4.76. The molecule has 0 N–H and O–H groups in total. The highest BCUT2D eigenvalue weighted by Crippen LogP contribution is 2.59. The molecule has 4 bridgehead atoms. The quantitative estimate of drug-likeness (QED) is 0.624. The van der Waals surface area contributed by atoms with Crippen molar-refractivity contribution in [1.82, 2.24) is 0 Å². The Bertz CT molecular complexity index is 606. The molecule has 0 aliphatic heterocycles. The average molecular weight is 248 g/mol. The summed E-state index contributed by atoms with van der Waals surface area (Å²) in [5, 5.41) is 0. The zero-order valence-corrected chi connectivity index (χ0v) is 11.7. The number of hydrogen-bond acceptors (Lipinski definition) is 0. The molecule has 0 heteroatoms. The van der Waals surface area contributed by atoms with Crippen LogP contribution in [0, 0.1) is 6.92 Å². The highest BCUT2D eigenvalue weighted by atomic mass is 14.5. The van der Waals surface area contributed by atoms with Crippen LogP contribution in [-0.4, -0.2) is 0 Å². The lowest BCUT2D eigenvalue weighted by Gasteiger charge is -2.26. The summed E-state index contributed by atoms with van der Waals surface area (Å²) in [6, 6.07) is 0. The monoisotopic (exact) mass is 248 g/mol. The number of hydrogen-bond donors (Lipinski definition) is 0. The fraction of sp³-hybridized carbons (Fsp3) is 0.474. The average Bonchev–Trinajstić information content (AvgIpc) is 3.18. The number of allylic oxidation sites excluding steroid dienone is 4. The van der Waals surface area contributed by atoms with Crippen molar-refractivity contribution in [3.8, 4) is 0 Å². The van der Waals surface area contributed by atoms with Crippen molar-refractivity contribution in [3.63, 3.8) is 0 Å². The Morgan fingerprint density at radius 3 is 1.63 bits per heavy atom. The van der Waals surface area contributed by atoms with Crippen molar-refractivity contribution in [1.29, 1.82) is 0 Å². The van der Waals surface area contributed by atoms with E-state index in [1.165, 1.54) is 19.3 Å². The fourth-order valence-electron chi connectivity index (χ4n) is 5.46. The zero-order valence-electron chi connectivity index (χ0n) is 11.7. The van der Waals surface area contributed by atoms with Gasteiger partial charge in [0.2, 0.25) is 0 Å². The Balaban J connectivity index is 1.89. The fourth-order valence-corrected chi connectivity index (χ4v) is 5.46. The molecule has 0 nitrogen and oxygen atoms in total. The SMILES string of the molecule is CCc1c2c(c(C)c3c1[C@@H]1C=C[C@H]3C1)[C@H]1C=C[C@@H]2C1. The number of rotatable bonds is 1. The second-order valence-electron chi connectivity index (χ2n) is 6.78. The molecule has 96 valence electrons. The molecular weight excluding hydrogens is 228 g/mol. The van der Waals surface area contributed by atoms with Gasteiger partial charge in [-0.15, -0.1) is 0 Å². The predicted octanol–water partition coefficient (Wildman–Crippen LogP) is 4.84. The first kappa shape index (κ1) is 10.5. The van der Waals surface area contributed by atoms with E-state index in [2.05, 4.69) is 38.2 Å². The Hall–Kier alpha value is -1.30. The molecule has 0 amide bonds. The molecule has 1 aromatic carbocycles. The Kier molecular flexibility index (Phi) is 1.78. The maximum atomic E-state index is 2.47. The molecule has 4 atom stereocenters. The Labute approximate surface area is 115 Å². The molecule has 0 unspecified atom stereocenters. The minimum absolute atomic E-state index is 0.735. The summed E-state index contributed by atoms with van der Waals surface area (Å²) in [5.74, 6) is 2.95. The summed E-state index contributed by atoms with van der Waals surface area (Å²) >= 11 is 0. The minimum atomic E-state index is 0.735. The highest BCUT2D eigenvalue weighted by Gasteiger charge is 2.43. The lowest BCUT2D eigenvalue weighted by Crippen LogP contribution is -2.10. The van der Waals surface area contributed by atoms with Crippen LogP contribution in [0.15, 0.2) is 24.3 Å². The van der Waals surface area contributed by atoms with Crippen LogP contribution in [0.25, 0.3) is 0 Å². The van der Waals surface area contributed by atoms with Gasteiger partial charge in [-0.3, -0.25) is 0 Å². The zero-order chi connectivity index (χ0) is 12.7. The first-order chi connectivity index (χ1) is 9.29. The van der Waals surface area contributed by atoms with Crippen LogP contribution in [0.4, 0.5) is 0 Å². The highest BCUT2D eigenvalue weighted by molar-refractivity contribution is 5.66. The van der Waals surface area contributed by atoms with Gasteiger partial charge in [-0.2, -0.15) is 0 Å². The lowest BCUT2D eigenvalue weighted by atomic mass is 9.78. The third-order valence-corrected chi connectivity index (χ3v) is 6.04. The van der Waals surface area contributed by atoms with Crippen molar-refractivity contribution < 1.29 is 0 Å². The molecule has 0 saturated carbocycles. The molecule has 4 aliphatic rings. The van der Waals surface area contributed by atoms with E-state index in [0.717, 1.165) is 23.7 Å². The third-order valence-electron chi connectivity index (χ3n) is 6.04. The maximum absolute atomic E-state index is 2.47. The largest absolute Gasteiger partial charge is 0.0803 e. The first-order valence-corrected chi connectivity index (χ1v) is 7.85. The van der Waals surface area contributed by atoms with Crippen molar-refractivity contribution in [2.75, 3.05) is 0 Å². The van der Waals surface area contributed by atoms with E-state index in [-0.39, 0.29) is 0 Å². The molecule has 0 fully saturated rings. The van der Waals surface area contributed by atoms with E-state index in [1.807, 2.05) is 0 Å². The summed E-state index contributed by atoms with van der Waals surface area (Å²) in [6.07, 6.45) is 13.8. The van der Waals surface area contributed by atoms with Gasteiger partial charge in [0.1, 0.15) is 0 Å². The predicted molar refractivity (Wildman–Crippen MR) is 79.0 cm³/mol. The Morgan fingerprint density at radius 1 is 0.789 bits per heavy atom. The molecular formula is C19H20. The molecule has 19 heavy (non-hydrogen) atoms. The van der Waals surface area contributed by atoms with Crippen molar-refractivity contribution >= 4 is 0 Å². The van der Waals surface area contributed by atoms with E-state index < -0.39 is 0 Å². The minimum Gasteiger partial charge on any atom is -0.0803 e. The van der Waals surface area contributed by atoms with Crippen LogP contribution in [0.5, 0.6) is 0 Å². The van der Waals surface area contributed by atoms with Gasteiger partial charge in [0.25, 0.3) is 0 Å². The molecule has 1 aromatic rings. The lowest BCUT2D eigenvalue weighted by molar-refractivity contribution is 0.782. The normalized spacial score (nSPS) is 35.3. The smallest absolute Gasteiger partial charge is 0.00328 e. The van der Waals surface area contributed by atoms with E-state index in [0.29, 0.717) is 0 Å². The first-order valence-electron chi connectivity index (χ1n) is 7.85. The number of benzene rings is 1. The summed E-state index contributed by atoms with van der Waals surface area (Å²) in [7, 11) is 0.